The molecule has 0 saturated carbocycles. The van der Waals surface area contributed by atoms with Gasteiger partial charge in [-0.1, -0.05) is 42.5 Å². The van der Waals surface area contributed by atoms with Crippen LogP contribution in [0.3, 0.4) is 0 Å². The zero-order chi connectivity index (χ0) is 13.0. The van der Waals surface area contributed by atoms with E-state index in [9.17, 15) is 10.2 Å². The van der Waals surface area contributed by atoms with Crippen LogP contribution in [0, 0.1) is 0 Å². The standard InChI is InChI=1S/C16H12O2S/c17-13-8-7-12-10(15(13)18)5-6-11-9-3-1-2-4-14(9)19-16(11)12/h1-8,13,15,17-18H. The van der Waals surface area contributed by atoms with E-state index in [-0.39, 0.29) is 0 Å². The molecule has 1 heterocycles. The highest BCUT2D eigenvalue weighted by Gasteiger charge is 2.24. The van der Waals surface area contributed by atoms with Crippen molar-refractivity contribution >= 4 is 37.6 Å². The Bertz CT molecular complexity index is 816. The largest absolute Gasteiger partial charge is 0.386 e. The highest BCUT2D eigenvalue weighted by Crippen LogP contribution is 2.41. The van der Waals surface area contributed by atoms with Gasteiger partial charge in [-0.05, 0) is 17.2 Å². The number of aliphatic hydroxyl groups excluding tert-OH is 2. The average Bonchev–Trinajstić information content (AvgIpc) is 2.81. The molecule has 1 aromatic heterocycles. The minimum Gasteiger partial charge on any atom is -0.386 e. The number of aliphatic hydroxyl groups is 2. The number of thiophene rings is 1. The lowest BCUT2D eigenvalue weighted by Gasteiger charge is -2.22. The molecule has 0 saturated heterocycles. The van der Waals surface area contributed by atoms with E-state index in [0.29, 0.717) is 0 Å². The smallest absolute Gasteiger partial charge is 0.109 e. The maximum absolute atomic E-state index is 10.1. The van der Waals surface area contributed by atoms with Gasteiger partial charge in [-0.15, -0.1) is 11.3 Å². The molecule has 0 aliphatic heterocycles. The van der Waals surface area contributed by atoms with E-state index in [1.807, 2.05) is 30.3 Å². The van der Waals surface area contributed by atoms with Crippen molar-refractivity contribution in [1.82, 2.24) is 0 Å². The Morgan fingerprint density at radius 1 is 0.947 bits per heavy atom. The molecule has 2 nitrogen and oxygen atoms in total. The molecule has 2 aromatic carbocycles. The monoisotopic (exact) mass is 268 g/mol. The van der Waals surface area contributed by atoms with Crippen molar-refractivity contribution in [2.24, 2.45) is 0 Å². The van der Waals surface area contributed by atoms with Crippen LogP contribution in [0.5, 0.6) is 0 Å². The molecule has 0 radical (unpaired) electrons. The topological polar surface area (TPSA) is 40.5 Å². The van der Waals surface area contributed by atoms with E-state index < -0.39 is 12.2 Å². The number of hydrogen-bond donors (Lipinski definition) is 2. The van der Waals surface area contributed by atoms with Crippen molar-refractivity contribution in [3.63, 3.8) is 0 Å². The number of fused-ring (bicyclic) bond motifs is 5. The fourth-order valence-corrected chi connectivity index (χ4v) is 3.98. The maximum atomic E-state index is 10.1. The van der Waals surface area contributed by atoms with Crippen LogP contribution < -0.4 is 0 Å². The van der Waals surface area contributed by atoms with E-state index in [2.05, 4.69) is 12.1 Å². The molecule has 19 heavy (non-hydrogen) atoms. The van der Waals surface area contributed by atoms with Gasteiger partial charge in [0, 0.05) is 20.2 Å². The Morgan fingerprint density at radius 3 is 2.68 bits per heavy atom. The van der Waals surface area contributed by atoms with Gasteiger partial charge in [-0.3, -0.25) is 0 Å². The number of hydrogen-bond acceptors (Lipinski definition) is 3. The zero-order valence-electron chi connectivity index (χ0n) is 10.1. The Balaban J connectivity index is 2.13. The molecule has 2 atom stereocenters. The van der Waals surface area contributed by atoms with Gasteiger partial charge in [-0.2, -0.15) is 0 Å². The first-order valence-corrected chi connectivity index (χ1v) is 7.06. The summed E-state index contributed by atoms with van der Waals surface area (Å²) in [5.41, 5.74) is 1.85. The lowest BCUT2D eigenvalue weighted by atomic mass is 9.91. The fourth-order valence-electron chi connectivity index (χ4n) is 2.74. The van der Waals surface area contributed by atoms with Gasteiger partial charge in [0.05, 0.1) is 0 Å². The molecule has 2 unspecified atom stereocenters. The Morgan fingerprint density at radius 2 is 1.79 bits per heavy atom. The quantitative estimate of drug-likeness (QED) is 0.655. The van der Waals surface area contributed by atoms with Gasteiger partial charge >= 0.3 is 0 Å². The summed E-state index contributed by atoms with van der Waals surface area (Å²) in [6.07, 6.45) is 1.95. The van der Waals surface area contributed by atoms with E-state index >= 15 is 0 Å². The van der Waals surface area contributed by atoms with Crippen LogP contribution in [0.15, 0.2) is 42.5 Å². The molecule has 4 rings (SSSR count). The molecule has 3 heteroatoms. The molecule has 0 bridgehead atoms. The van der Waals surface area contributed by atoms with E-state index in [1.54, 1.807) is 17.4 Å². The predicted octanol–water partition coefficient (Wildman–Crippen LogP) is 3.48. The summed E-state index contributed by atoms with van der Waals surface area (Å²) in [4.78, 5) is 0. The molecule has 0 spiro atoms. The van der Waals surface area contributed by atoms with Gasteiger partial charge < -0.3 is 10.2 Å². The van der Waals surface area contributed by atoms with Crippen LogP contribution in [0.25, 0.3) is 26.2 Å². The second kappa shape index (κ2) is 3.90. The summed E-state index contributed by atoms with van der Waals surface area (Å²) < 4.78 is 2.43. The highest BCUT2D eigenvalue weighted by atomic mass is 32.1. The first kappa shape index (κ1) is 11.2. The lowest BCUT2D eigenvalue weighted by Crippen LogP contribution is -2.19. The van der Waals surface area contributed by atoms with Crippen molar-refractivity contribution in [3.05, 3.63) is 53.6 Å². The molecular weight excluding hydrogens is 256 g/mol. The third kappa shape index (κ3) is 1.49. The summed E-state index contributed by atoms with van der Waals surface area (Å²) in [6, 6.07) is 12.3. The Hall–Kier alpha value is -1.68. The van der Waals surface area contributed by atoms with Crippen LogP contribution in [0.4, 0.5) is 0 Å². The minimum absolute atomic E-state index is 0.806. The summed E-state index contributed by atoms with van der Waals surface area (Å²) in [5.74, 6) is 0. The molecular formula is C16H12O2S. The summed E-state index contributed by atoms with van der Waals surface area (Å²) in [5, 5.41) is 22.2. The van der Waals surface area contributed by atoms with E-state index in [0.717, 1.165) is 11.1 Å². The van der Waals surface area contributed by atoms with Gasteiger partial charge in [0.25, 0.3) is 0 Å². The second-order valence-electron chi connectivity index (χ2n) is 4.84. The maximum Gasteiger partial charge on any atom is 0.109 e. The van der Waals surface area contributed by atoms with Crippen molar-refractivity contribution in [1.29, 1.82) is 0 Å². The zero-order valence-corrected chi connectivity index (χ0v) is 10.9. The lowest BCUT2D eigenvalue weighted by molar-refractivity contribution is 0.0471. The Labute approximate surface area is 114 Å². The van der Waals surface area contributed by atoms with Crippen LogP contribution in [-0.2, 0) is 0 Å². The first-order chi connectivity index (χ1) is 9.25. The number of benzene rings is 2. The predicted molar refractivity (Wildman–Crippen MR) is 79.3 cm³/mol. The third-order valence-electron chi connectivity index (χ3n) is 3.72. The fraction of sp³-hybridized carbons (Fsp3) is 0.125. The molecule has 94 valence electrons. The summed E-state index contributed by atoms with van der Waals surface area (Å²) in [6.45, 7) is 0. The summed E-state index contributed by atoms with van der Waals surface area (Å²) >= 11 is 1.74. The van der Waals surface area contributed by atoms with Crippen LogP contribution in [-0.4, -0.2) is 16.3 Å². The van der Waals surface area contributed by atoms with Crippen LogP contribution >= 0.6 is 11.3 Å². The molecule has 1 aliphatic rings. The Kier molecular flexibility index (Phi) is 2.30. The second-order valence-corrected chi connectivity index (χ2v) is 5.89. The molecule has 1 aliphatic carbocycles. The molecule has 3 aromatic rings. The van der Waals surface area contributed by atoms with Crippen molar-refractivity contribution in [3.8, 4) is 0 Å². The third-order valence-corrected chi connectivity index (χ3v) is 4.94. The van der Waals surface area contributed by atoms with Gasteiger partial charge in [0.2, 0.25) is 0 Å². The van der Waals surface area contributed by atoms with Gasteiger partial charge in [0.15, 0.2) is 0 Å². The highest BCUT2D eigenvalue weighted by molar-refractivity contribution is 7.26. The molecule has 0 fully saturated rings. The summed E-state index contributed by atoms with van der Waals surface area (Å²) in [7, 11) is 0. The average molecular weight is 268 g/mol. The normalized spacial score (nSPS) is 22.0. The van der Waals surface area contributed by atoms with Gasteiger partial charge in [0.1, 0.15) is 12.2 Å². The van der Waals surface area contributed by atoms with Crippen molar-refractivity contribution in [2.75, 3.05) is 0 Å². The van der Waals surface area contributed by atoms with E-state index in [4.69, 9.17) is 0 Å². The van der Waals surface area contributed by atoms with Crippen LogP contribution in [0.2, 0.25) is 0 Å². The van der Waals surface area contributed by atoms with Crippen molar-refractivity contribution in [2.45, 2.75) is 12.2 Å². The first-order valence-electron chi connectivity index (χ1n) is 6.24. The molecule has 2 N–H and O–H groups in total. The van der Waals surface area contributed by atoms with Gasteiger partial charge in [-0.25, -0.2) is 0 Å². The SMILES string of the molecule is OC1C=Cc2c(ccc3c2sc2ccccc23)C1O. The minimum atomic E-state index is -0.824. The van der Waals surface area contributed by atoms with E-state index in [1.165, 1.54) is 20.2 Å². The number of rotatable bonds is 0. The molecule has 0 amide bonds. The van der Waals surface area contributed by atoms with Crippen LogP contribution in [0.1, 0.15) is 17.2 Å². The van der Waals surface area contributed by atoms with Crippen molar-refractivity contribution < 1.29 is 10.2 Å².